The molecule has 0 aliphatic carbocycles. The SMILES string of the molecule is CON=C(C(=O)OC)c1ccccc1CN(N=C(C)c1ccc(C)cc1)C(C)=O. The molecule has 0 fully saturated rings. The zero-order chi connectivity index (χ0) is 21.4. The number of hydrogen-bond acceptors (Lipinski definition) is 6. The Balaban J connectivity index is 2.40. The van der Waals surface area contributed by atoms with Crippen LogP contribution in [0.5, 0.6) is 0 Å². The van der Waals surface area contributed by atoms with Crippen LogP contribution in [0.1, 0.15) is 36.1 Å². The number of esters is 1. The van der Waals surface area contributed by atoms with Crippen LogP contribution in [0.2, 0.25) is 0 Å². The van der Waals surface area contributed by atoms with Gasteiger partial charge < -0.3 is 9.57 Å². The van der Waals surface area contributed by atoms with Crippen molar-refractivity contribution in [2.45, 2.75) is 27.3 Å². The average Bonchev–Trinajstić information content (AvgIpc) is 2.71. The lowest BCUT2D eigenvalue weighted by molar-refractivity contribution is -0.132. The van der Waals surface area contributed by atoms with Crippen molar-refractivity contribution in [3.05, 3.63) is 70.8 Å². The predicted octanol–water partition coefficient (Wildman–Crippen LogP) is 3.29. The molecule has 0 heterocycles. The molecule has 2 aromatic carbocycles. The summed E-state index contributed by atoms with van der Waals surface area (Å²) in [7, 11) is 2.62. The number of carbonyl (C=O) groups excluding carboxylic acids is 2. The molecule has 0 aliphatic rings. The fourth-order valence-corrected chi connectivity index (χ4v) is 2.69. The van der Waals surface area contributed by atoms with Gasteiger partial charge in [-0.2, -0.15) is 5.10 Å². The number of benzene rings is 2. The van der Waals surface area contributed by atoms with Gasteiger partial charge in [-0.15, -0.1) is 0 Å². The number of methoxy groups -OCH3 is 1. The van der Waals surface area contributed by atoms with Crippen LogP contribution in [-0.4, -0.2) is 42.5 Å². The summed E-state index contributed by atoms with van der Waals surface area (Å²) in [5.41, 5.74) is 3.99. The zero-order valence-corrected chi connectivity index (χ0v) is 17.3. The highest BCUT2D eigenvalue weighted by molar-refractivity contribution is 6.43. The third-order valence-electron chi connectivity index (χ3n) is 4.26. The van der Waals surface area contributed by atoms with Gasteiger partial charge in [-0.05, 0) is 25.0 Å². The lowest BCUT2D eigenvalue weighted by atomic mass is 10.0. The molecule has 152 valence electrons. The van der Waals surface area contributed by atoms with Crippen molar-refractivity contribution in [3.63, 3.8) is 0 Å². The van der Waals surface area contributed by atoms with E-state index >= 15 is 0 Å². The second kappa shape index (κ2) is 10.2. The van der Waals surface area contributed by atoms with E-state index in [4.69, 9.17) is 9.57 Å². The van der Waals surface area contributed by atoms with Crippen LogP contribution in [0.4, 0.5) is 0 Å². The topological polar surface area (TPSA) is 80.6 Å². The normalized spacial score (nSPS) is 11.8. The van der Waals surface area contributed by atoms with Gasteiger partial charge in [0.05, 0.1) is 19.4 Å². The van der Waals surface area contributed by atoms with E-state index in [9.17, 15) is 9.59 Å². The molecule has 0 spiro atoms. The minimum absolute atomic E-state index is 0.0216. The lowest BCUT2D eigenvalue weighted by Gasteiger charge is -2.19. The molecular formula is C22H25N3O4. The summed E-state index contributed by atoms with van der Waals surface area (Å²) in [6.07, 6.45) is 0. The molecule has 0 radical (unpaired) electrons. The Morgan fingerprint density at radius 3 is 2.24 bits per heavy atom. The number of hydrazone groups is 1. The van der Waals surface area contributed by atoms with Crippen LogP contribution < -0.4 is 0 Å². The van der Waals surface area contributed by atoms with Gasteiger partial charge in [0.25, 0.3) is 0 Å². The fraction of sp³-hybridized carbons (Fsp3) is 0.273. The Bertz CT molecular complexity index is 933. The van der Waals surface area contributed by atoms with Crippen molar-refractivity contribution in [2.75, 3.05) is 14.2 Å². The summed E-state index contributed by atoms with van der Waals surface area (Å²) in [5, 5.41) is 9.65. The maximum Gasteiger partial charge on any atom is 0.360 e. The highest BCUT2D eigenvalue weighted by atomic mass is 16.6. The van der Waals surface area contributed by atoms with Gasteiger partial charge >= 0.3 is 5.97 Å². The number of hydrogen-bond donors (Lipinski definition) is 0. The molecule has 0 saturated carbocycles. The molecule has 0 saturated heterocycles. The fourth-order valence-electron chi connectivity index (χ4n) is 2.69. The first kappa shape index (κ1) is 21.8. The Morgan fingerprint density at radius 2 is 1.66 bits per heavy atom. The summed E-state index contributed by atoms with van der Waals surface area (Å²) in [6, 6.07) is 15.0. The van der Waals surface area contributed by atoms with Crippen LogP contribution >= 0.6 is 0 Å². The number of rotatable bonds is 7. The Hall–Kier alpha value is -3.48. The van der Waals surface area contributed by atoms with Crippen molar-refractivity contribution < 1.29 is 19.2 Å². The molecule has 7 heteroatoms. The maximum atomic E-state index is 12.2. The minimum atomic E-state index is -0.631. The summed E-state index contributed by atoms with van der Waals surface area (Å²) in [6.45, 7) is 5.46. The van der Waals surface area contributed by atoms with E-state index in [1.807, 2.05) is 44.2 Å². The molecule has 0 unspecified atom stereocenters. The summed E-state index contributed by atoms with van der Waals surface area (Å²) in [5.74, 6) is -0.859. The first-order chi connectivity index (χ1) is 13.9. The van der Waals surface area contributed by atoms with Gasteiger partial charge in [0.1, 0.15) is 7.11 Å². The van der Waals surface area contributed by atoms with E-state index in [-0.39, 0.29) is 18.2 Å². The van der Waals surface area contributed by atoms with Crippen molar-refractivity contribution in [2.24, 2.45) is 10.3 Å². The first-order valence-electron chi connectivity index (χ1n) is 9.05. The zero-order valence-electron chi connectivity index (χ0n) is 17.3. The Labute approximate surface area is 170 Å². The van der Waals surface area contributed by atoms with Crippen molar-refractivity contribution in [1.29, 1.82) is 0 Å². The van der Waals surface area contributed by atoms with Gasteiger partial charge in [0.2, 0.25) is 5.91 Å². The van der Waals surface area contributed by atoms with E-state index in [0.717, 1.165) is 11.1 Å². The number of aryl methyl sites for hydroxylation is 1. The highest BCUT2D eigenvalue weighted by Gasteiger charge is 2.21. The second-order valence-electron chi connectivity index (χ2n) is 6.40. The maximum absolute atomic E-state index is 12.2. The molecule has 7 nitrogen and oxygen atoms in total. The highest BCUT2D eigenvalue weighted by Crippen LogP contribution is 2.16. The summed E-state index contributed by atoms with van der Waals surface area (Å²) < 4.78 is 4.80. The summed E-state index contributed by atoms with van der Waals surface area (Å²) in [4.78, 5) is 29.2. The molecule has 0 aliphatic heterocycles. The van der Waals surface area contributed by atoms with Crippen LogP contribution in [0.25, 0.3) is 0 Å². The van der Waals surface area contributed by atoms with E-state index < -0.39 is 5.97 Å². The van der Waals surface area contributed by atoms with Gasteiger partial charge in [-0.3, -0.25) is 4.79 Å². The van der Waals surface area contributed by atoms with Gasteiger partial charge in [-0.25, -0.2) is 9.80 Å². The lowest BCUT2D eigenvalue weighted by Crippen LogP contribution is -2.26. The first-order valence-corrected chi connectivity index (χ1v) is 9.05. The number of amides is 1. The van der Waals surface area contributed by atoms with Crippen molar-refractivity contribution in [3.8, 4) is 0 Å². The largest absolute Gasteiger partial charge is 0.464 e. The van der Waals surface area contributed by atoms with Crippen LogP contribution in [0, 0.1) is 6.92 Å². The molecule has 0 bridgehead atoms. The molecule has 0 aromatic heterocycles. The molecule has 29 heavy (non-hydrogen) atoms. The number of nitrogens with zero attached hydrogens (tertiary/aromatic N) is 3. The monoisotopic (exact) mass is 395 g/mol. The molecule has 0 atom stereocenters. The standard InChI is InChI=1S/C22H25N3O4/c1-15-10-12-18(13-11-15)16(2)23-25(17(3)26)14-19-8-6-7-9-20(19)21(24-29-5)22(27)28-4/h6-13H,14H2,1-5H3. The average molecular weight is 395 g/mol. The molecule has 2 rings (SSSR count). The van der Waals surface area contributed by atoms with Gasteiger partial charge in [0, 0.05) is 12.5 Å². The predicted molar refractivity (Wildman–Crippen MR) is 112 cm³/mol. The van der Waals surface area contributed by atoms with E-state index in [1.54, 1.807) is 18.2 Å². The molecule has 2 aromatic rings. The van der Waals surface area contributed by atoms with E-state index in [1.165, 1.54) is 26.2 Å². The smallest absolute Gasteiger partial charge is 0.360 e. The van der Waals surface area contributed by atoms with Crippen LogP contribution in [-0.2, 0) is 25.7 Å². The third-order valence-corrected chi connectivity index (χ3v) is 4.26. The number of carbonyl (C=O) groups is 2. The Morgan fingerprint density at radius 1 is 1.00 bits per heavy atom. The van der Waals surface area contributed by atoms with E-state index in [2.05, 4.69) is 10.3 Å². The minimum Gasteiger partial charge on any atom is -0.464 e. The van der Waals surface area contributed by atoms with Crippen molar-refractivity contribution in [1.82, 2.24) is 5.01 Å². The summed E-state index contributed by atoms with van der Waals surface area (Å²) >= 11 is 0. The quantitative estimate of drug-likeness (QED) is 0.409. The van der Waals surface area contributed by atoms with Crippen molar-refractivity contribution >= 4 is 23.3 Å². The van der Waals surface area contributed by atoms with Crippen LogP contribution in [0.15, 0.2) is 58.8 Å². The second-order valence-corrected chi connectivity index (χ2v) is 6.40. The van der Waals surface area contributed by atoms with Gasteiger partial charge in [0.15, 0.2) is 5.71 Å². The third kappa shape index (κ3) is 5.75. The van der Waals surface area contributed by atoms with E-state index in [0.29, 0.717) is 16.8 Å². The molecular weight excluding hydrogens is 370 g/mol. The number of oxime groups is 1. The van der Waals surface area contributed by atoms with Gasteiger partial charge in [-0.1, -0.05) is 59.3 Å². The number of ether oxygens (including phenoxy) is 1. The van der Waals surface area contributed by atoms with Crippen LogP contribution in [0.3, 0.4) is 0 Å². The molecule has 1 amide bonds. The Kier molecular flexibility index (Phi) is 7.65. The molecule has 0 N–H and O–H groups in total.